The molecular weight excluding hydrogens is 487 g/mol. The molecule has 180 valence electrons. The molecule has 1 saturated heterocycles. The highest BCUT2D eigenvalue weighted by Crippen LogP contribution is 2.45. The van der Waals surface area contributed by atoms with Gasteiger partial charge in [0.2, 0.25) is 0 Å². The molecule has 0 radical (unpaired) electrons. The number of ether oxygens (including phenoxy) is 1. The number of benzene rings is 3. The van der Waals surface area contributed by atoms with Crippen LogP contribution in [0.5, 0.6) is 5.75 Å². The van der Waals surface area contributed by atoms with Crippen molar-refractivity contribution in [3.63, 3.8) is 0 Å². The summed E-state index contributed by atoms with van der Waals surface area (Å²) in [5, 5.41) is 11.8. The van der Waals surface area contributed by atoms with Gasteiger partial charge in [-0.25, -0.2) is 0 Å². The maximum Gasteiger partial charge on any atom is 0.300 e. The lowest BCUT2D eigenvalue weighted by Gasteiger charge is -2.26. The van der Waals surface area contributed by atoms with Gasteiger partial charge in [-0.2, -0.15) is 0 Å². The molecule has 35 heavy (non-hydrogen) atoms. The molecule has 0 aromatic heterocycles. The lowest BCUT2D eigenvalue weighted by Crippen LogP contribution is -2.29. The zero-order chi connectivity index (χ0) is 25.4. The van der Waals surface area contributed by atoms with Crippen LogP contribution in [0.15, 0.2) is 66.2 Å². The Hall–Kier alpha value is -3.48. The summed E-state index contributed by atoms with van der Waals surface area (Å²) in [4.78, 5) is 30.0. The third kappa shape index (κ3) is 4.47. The van der Waals surface area contributed by atoms with E-state index in [0.29, 0.717) is 11.3 Å². The second-order valence-electron chi connectivity index (χ2n) is 8.46. The molecule has 3 aromatic carbocycles. The van der Waals surface area contributed by atoms with Gasteiger partial charge in [-0.1, -0.05) is 53.0 Å². The Morgan fingerprint density at radius 1 is 1.00 bits per heavy atom. The van der Waals surface area contributed by atoms with Gasteiger partial charge in [-0.15, -0.1) is 0 Å². The third-order valence-corrected chi connectivity index (χ3v) is 6.45. The second kappa shape index (κ2) is 9.64. The maximum atomic E-state index is 13.4. The first kappa shape index (κ1) is 24.6. The first-order chi connectivity index (χ1) is 16.6. The lowest BCUT2D eigenvalue weighted by molar-refractivity contribution is -0.132. The standard InChI is InChI=1S/C27H24Cl2N2O4/c1-15-5-9-19(10-6-15)31-23(16-7-11-18(12-8-16)30(2)3)22(25(33)27(31)34)24(32)20-13-17(28)14-21(29)26(20)35-4/h5-14,23,32H,1-4H3/b24-22+. The van der Waals surface area contributed by atoms with Gasteiger partial charge in [0.25, 0.3) is 11.7 Å². The molecule has 1 unspecified atom stereocenters. The molecule has 0 bridgehead atoms. The van der Waals surface area contributed by atoms with Gasteiger partial charge >= 0.3 is 0 Å². The molecule has 1 atom stereocenters. The Labute approximate surface area is 213 Å². The molecule has 3 aromatic rings. The number of aryl methyl sites for hydroxylation is 1. The molecule has 6 nitrogen and oxygen atoms in total. The number of halogens is 2. The second-order valence-corrected chi connectivity index (χ2v) is 9.30. The minimum absolute atomic E-state index is 0.0789. The molecule has 1 amide bonds. The number of amides is 1. The van der Waals surface area contributed by atoms with Crippen molar-refractivity contribution in [1.29, 1.82) is 0 Å². The molecule has 1 N–H and O–H groups in total. The highest BCUT2D eigenvalue weighted by atomic mass is 35.5. The summed E-state index contributed by atoms with van der Waals surface area (Å²) in [5.41, 5.74) is 3.20. The number of Topliss-reactive ketones (excluding diaryl/α,β-unsaturated/α-hetero) is 1. The molecule has 1 aliphatic rings. The van der Waals surface area contributed by atoms with Crippen LogP contribution in [0.1, 0.15) is 22.7 Å². The van der Waals surface area contributed by atoms with Crippen molar-refractivity contribution in [2.24, 2.45) is 0 Å². The van der Waals surface area contributed by atoms with Gasteiger partial charge in [-0.3, -0.25) is 14.5 Å². The Bertz CT molecular complexity index is 1330. The van der Waals surface area contributed by atoms with E-state index >= 15 is 0 Å². The number of carbonyl (C=O) groups is 2. The number of anilines is 2. The number of hydrogen-bond donors (Lipinski definition) is 1. The molecule has 0 spiro atoms. The van der Waals surface area contributed by atoms with Crippen LogP contribution in [0.3, 0.4) is 0 Å². The smallest absolute Gasteiger partial charge is 0.300 e. The summed E-state index contributed by atoms with van der Waals surface area (Å²) >= 11 is 12.5. The summed E-state index contributed by atoms with van der Waals surface area (Å²) in [6.45, 7) is 1.94. The maximum absolute atomic E-state index is 13.4. The fourth-order valence-corrected chi connectivity index (χ4v) is 4.73. The zero-order valence-corrected chi connectivity index (χ0v) is 21.2. The average Bonchev–Trinajstić information content (AvgIpc) is 3.09. The third-order valence-electron chi connectivity index (χ3n) is 5.95. The Morgan fingerprint density at radius 2 is 1.63 bits per heavy atom. The van der Waals surface area contributed by atoms with E-state index in [-0.39, 0.29) is 26.9 Å². The monoisotopic (exact) mass is 510 g/mol. The minimum Gasteiger partial charge on any atom is -0.507 e. The van der Waals surface area contributed by atoms with Gasteiger partial charge in [0.05, 0.1) is 29.3 Å². The van der Waals surface area contributed by atoms with Crippen molar-refractivity contribution in [2.45, 2.75) is 13.0 Å². The Morgan fingerprint density at radius 3 is 2.20 bits per heavy atom. The van der Waals surface area contributed by atoms with E-state index in [1.54, 1.807) is 12.1 Å². The summed E-state index contributed by atoms with van der Waals surface area (Å²) in [7, 11) is 5.24. The van der Waals surface area contributed by atoms with E-state index in [1.807, 2.05) is 62.3 Å². The predicted molar refractivity (Wildman–Crippen MR) is 140 cm³/mol. The summed E-state index contributed by atoms with van der Waals surface area (Å²) in [6.07, 6.45) is 0. The van der Waals surface area contributed by atoms with Crippen molar-refractivity contribution in [3.05, 3.63) is 93.0 Å². The van der Waals surface area contributed by atoms with E-state index in [9.17, 15) is 14.7 Å². The van der Waals surface area contributed by atoms with Crippen LogP contribution in [0.2, 0.25) is 10.0 Å². The van der Waals surface area contributed by atoms with Gasteiger partial charge in [0.1, 0.15) is 11.5 Å². The van der Waals surface area contributed by atoms with Crippen molar-refractivity contribution in [2.75, 3.05) is 31.0 Å². The highest BCUT2D eigenvalue weighted by Gasteiger charge is 2.47. The Kier molecular flexibility index (Phi) is 6.79. The summed E-state index contributed by atoms with van der Waals surface area (Å²) in [5.74, 6) is -1.83. The molecule has 0 aliphatic carbocycles. The molecule has 8 heteroatoms. The van der Waals surface area contributed by atoms with Gasteiger partial charge in [0, 0.05) is 30.5 Å². The van der Waals surface area contributed by atoms with Crippen LogP contribution in [0.25, 0.3) is 5.76 Å². The van der Waals surface area contributed by atoms with Crippen molar-refractivity contribution in [1.82, 2.24) is 0 Å². The number of hydrogen-bond acceptors (Lipinski definition) is 5. The number of rotatable bonds is 5. The first-order valence-electron chi connectivity index (χ1n) is 10.8. The van der Waals surface area contributed by atoms with E-state index < -0.39 is 23.5 Å². The van der Waals surface area contributed by atoms with Crippen LogP contribution in [0.4, 0.5) is 11.4 Å². The molecule has 1 heterocycles. The number of ketones is 1. The topological polar surface area (TPSA) is 70.1 Å². The SMILES string of the molecule is COc1c(Cl)cc(Cl)cc1/C(O)=C1\C(=O)C(=O)N(c2ccc(C)cc2)C1c1ccc(N(C)C)cc1. The highest BCUT2D eigenvalue weighted by molar-refractivity contribution is 6.52. The molecule has 1 aliphatic heterocycles. The summed E-state index contributed by atoms with van der Waals surface area (Å²) < 4.78 is 5.38. The van der Waals surface area contributed by atoms with E-state index in [0.717, 1.165) is 11.3 Å². The molecule has 0 saturated carbocycles. The van der Waals surface area contributed by atoms with Crippen LogP contribution in [0, 0.1) is 6.92 Å². The van der Waals surface area contributed by atoms with Gasteiger partial charge in [0.15, 0.2) is 0 Å². The van der Waals surface area contributed by atoms with Crippen molar-refractivity contribution in [3.8, 4) is 5.75 Å². The number of aliphatic hydroxyl groups is 1. The largest absolute Gasteiger partial charge is 0.507 e. The minimum atomic E-state index is -0.878. The quantitative estimate of drug-likeness (QED) is 0.259. The van der Waals surface area contributed by atoms with Crippen LogP contribution in [-0.2, 0) is 9.59 Å². The summed E-state index contributed by atoms with van der Waals surface area (Å²) in [6, 6.07) is 16.8. The van der Waals surface area contributed by atoms with Gasteiger partial charge in [-0.05, 0) is 48.9 Å². The fourth-order valence-electron chi connectivity index (χ4n) is 4.16. The van der Waals surface area contributed by atoms with E-state index in [1.165, 1.54) is 24.1 Å². The predicted octanol–water partition coefficient (Wildman–Crippen LogP) is 6.00. The van der Waals surface area contributed by atoms with Crippen LogP contribution >= 0.6 is 23.2 Å². The number of nitrogens with zero attached hydrogens (tertiary/aromatic N) is 2. The lowest BCUT2D eigenvalue weighted by atomic mass is 9.94. The fraction of sp³-hybridized carbons (Fsp3) is 0.185. The molecule has 4 rings (SSSR count). The first-order valence-corrected chi connectivity index (χ1v) is 11.6. The van der Waals surface area contributed by atoms with Crippen molar-refractivity contribution < 1.29 is 19.4 Å². The van der Waals surface area contributed by atoms with Crippen molar-refractivity contribution >= 4 is 52.0 Å². The zero-order valence-electron chi connectivity index (χ0n) is 19.7. The van der Waals surface area contributed by atoms with Gasteiger partial charge < -0.3 is 14.7 Å². The van der Waals surface area contributed by atoms with E-state index in [2.05, 4.69) is 0 Å². The number of aliphatic hydroxyl groups excluding tert-OH is 1. The average molecular weight is 511 g/mol. The van der Waals surface area contributed by atoms with Crippen LogP contribution in [-0.4, -0.2) is 38.0 Å². The van der Waals surface area contributed by atoms with Crippen LogP contribution < -0.4 is 14.5 Å². The number of methoxy groups -OCH3 is 1. The molecular formula is C27H24Cl2N2O4. The normalized spacial score (nSPS) is 17.1. The Balaban J connectivity index is 1.98. The molecule has 1 fully saturated rings. The number of carbonyl (C=O) groups excluding carboxylic acids is 2. The van der Waals surface area contributed by atoms with E-state index in [4.69, 9.17) is 27.9 Å².